The molecule has 4 unspecified atom stereocenters. The Hall–Kier alpha value is -0.770. The van der Waals surface area contributed by atoms with Crippen LogP contribution in [0.1, 0.15) is 44.9 Å². The van der Waals surface area contributed by atoms with Crippen LogP contribution in [0, 0.1) is 23.7 Å². The maximum absolute atomic E-state index is 12.0. The molecule has 3 fully saturated rings. The van der Waals surface area contributed by atoms with E-state index >= 15 is 0 Å². The molecule has 2 amide bonds. The molecule has 2 N–H and O–H groups in total. The van der Waals surface area contributed by atoms with Crippen molar-refractivity contribution in [1.82, 2.24) is 10.2 Å². The summed E-state index contributed by atoms with van der Waals surface area (Å²) < 4.78 is 0. The van der Waals surface area contributed by atoms with Crippen LogP contribution in [0.2, 0.25) is 0 Å². The first kappa shape index (κ1) is 14.2. The average molecular weight is 280 g/mol. The van der Waals surface area contributed by atoms with Gasteiger partial charge in [0.15, 0.2) is 0 Å². The van der Waals surface area contributed by atoms with E-state index in [-0.39, 0.29) is 12.1 Å². The molecule has 0 aromatic rings. The number of nitrogens with one attached hydrogen (secondary N) is 1. The van der Waals surface area contributed by atoms with Crippen LogP contribution in [-0.4, -0.2) is 42.3 Å². The average Bonchev–Trinajstić information content (AvgIpc) is 3.09. The Morgan fingerprint density at radius 2 is 2.10 bits per heavy atom. The number of hydrogen-bond acceptors (Lipinski definition) is 2. The number of carbonyl (C=O) groups excluding carboxylic acids is 1. The van der Waals surface area contributed by atoms with Crippen molar-refractivity contribution in [2.24, 2.45) is 23.7 Å². The van der Waals surface area contributed by atoms with Gasteiger partial charge in [0.05, 0.1) is 6.10 Å². The Labute approximate surface area is 121 Å². The number of urea groups is 1. The molecule has 3 rings (SSSR count). The summed E-state index contributed by atoms with van der Waals surface area (Å²) in [6.07, 6.45) is 8.69. The molecule has 3 saturated carbocycles. The Kier molecular flexibility index (Phi) is 4.20. The van der Waals surface area contributed by atoms with Crippen molar-refractivity contribution in [2.75, 3.05) is 20.1 Å². The highest BCUT2D eigenvalue weighted by atomic mass is 16.3. The molecule has 0 aromatic carbocycles. The quantitative estimate of drug-likeness (QED) is 0.784. The van der Waals surface area contributed by atoms with E-state index in [1.54, 1.807) is 11.9 Å². The van der Waals surface area contributed by atoms with Gasteiger partial charge in [-0.15, -0.1) is 0 Å². The highest BCUT2D eigenvalue weighted by Crippen LogP contribution is 2.49. The van der Waals surface area contributed by atoms with E-state index in [4.69, 9.17) is 0 Å². The fraction of sp³-hybridized carbons (Fsp3) is 0.938. The minimum Gasteiger partial charge on any atom is -0.391 e. The zero-order valence-corrected chi connectivity index (χ0v) is 12.6. The molecule has 20 heavy (non-hydrogen) atoms. The molecule has 0 aliphatic heterocycles. The van der Waals surface area contributed by atoms with Gasteiger partial charge < -0.3 is 15.3 Å². The largest absolute Gasteiger partial charge is 0.391 e. The predicted molar refractivity (Wildman–Crippen MR) is 78.3 cm³/mol. The van der Waals surface area contributed by atoms with Gasteiger partial charge in [0.2, 0.25) is 0 Å². The zero-order chi connectivity index (χ0) is 14.1. The lowest BCUT2D eigenvalue weighted by Crippen LogP contribution is -2.42. The third kappa shape index (κ3) is 3.27. The second-order valence-electron chi connectivity index (χ2n) is 7.24. The summed E-state index contributed by atoms with van der Waals surface area (Å²) in [5, 5.41) is 12.9. The molecule has 3 aliphatic carbocycles. The fourth-order valence-corrected chi connectivity index (χ4v) is 4.22. The van der Waals surface area contributed by atoms with Gasteiger partial charge in [0.25, 0.3) is 0 Å². The second-order valence-corrected chi connectivity index (χ2v) is 7.24. The van der Waals surface area contributed by atoms with Crippen LogP contribution in [-0.2, 0) is 0 Å². The maximum Gasteiger partial charge on any atom is 0.317 e. The van der Waals surface area contributed by atoms with Gasteiger partial charge in [-0.1, -0.05) is 6.42 Å². The Morgan fingerprint density at radius 3 is 2.70 bits per heavy atom. The molecule has 0 heterocycles. The molecule has 2 bridgehead atoms. The van der Waals surface area contributed by atoms with Crippen molar-refractivity contribution in [2.45, 2.75) is 51.0 Å². The highest BCUT2D eigenvalue weighted by Gasteiger charge is 2.38. The van der Waals surface area contributed by atoms with Crippen LogP contribution in [0.3, 0.4) is 0 Å². The van der Waals surface area contributed by atoms with Crippen molar-refractivity contribution in [3.63, 3.8) is 0 Å². The number of fused-ring (bicyclic) bond motifs is 2. The van der Waals surface area contributed by atoms with Gasteiger partial charge in [-0.05, 0) is 62.2 Å². The van der Waals surface area contributed by atoms with Gasteiger partial charge >= 0.3 is 6.03 Å². The van der Waals surface area contributed by atoms with E-state index in [2.05, 4.69) is 5.32 Å². The van der Waals surface area contributed by atoms with Gasteiger partial charge in [-0.3, -0.25) is 0 Å². The van der Waals surface area contributed by atoms with Crippen molar-refractivity contribution in [3.05, 3.63) is 0 Å². The first-order valence-electron chi connectivity index (χ1n) is 8.30. The van der Waals surface area contributed by atoms with E-state index in [1.165, 1.54) is 25.7 Å². The number of likely N-dealkylation sites (N-methyl/N-ethyl adjacent to an activating group) is 1. The third-order valence-corrected chi connectivity index (χ3v) is 5.65. The summed E-state index contributed by atoms with van der Waals surface area (Å²) >= 11 is 0. The SMILES string of the molecule is CN(CC(O)C1CC1)C(=O)NCCC1CC2CCC1C2. The summed E-state index contributed by atoms with van der Waals surface area (Å²) in [6, 6.07) is -0.0344. The minimum absolute atomic E-state index is 0.0344. The number of rotatable bonds is 6. The van der Waals surface area contributed by atoms with Crippen LogP contribution >= 0.6 is 0 Å². The summed E-state index contributed by atoms with van der Waals surface area (Å²) in [5.41, 5.74) is 0. The first-order chi connectivity index (χ1) is 9.63. The Bertz CT molecular complexity index is 356. The normalized spacial score (nSPS) is 33.2. The zero-order valence-electron chi connectivity index (χ0n) is 12.6. The lowest BCUT2D eigenvalue weighted by atomic mass is 9.86. The molecule has 4 heteroatoms. The van der Waals surface area contributed by atoms with E-state index in [9.17, 15) is 9.90 Å². The number of carbonyl (C=O) groups is 1. The van der Waals surface area contributed by atoms with Gasteiger partial charge in [-0.2, -0.15) is 0 Å². The monoisotopic (exact) mass is 280 g/mol. The maximum atomic E-state index is 12.0. The van der Waals surface area contributed by atoms with Crippen molar-refractivity contribution in [1.29, 1.82) is 0 Å². The van der Waals surface area contributed by atoms with Crippen LogP contribution in [0.15, 0.2) is 0 Å². The molecule has 0 radical (unpaired) electrons. The van der Waals surface area contributed by atoms with Crippen LogP contribution in [0.4, 0.5) is 4.79 Å². The molecule has 0 spiro atoms. The lowest BCUT2D eigenvalue weighted by molar-refractivity contribution is 0.113. The number of aliphatic hydroxyl groups is 1. The molecular formula is C16H28N2O2. The molecule has 0 saturated heterocycles. The number of hydrogen-bond donors (Lipinski definition) is 2. The molecule has 3 aliphatic rings. The number of nitrogens with zero attached hydrogens (tertiary/aromatic N) is 1. The predicted octanol–water partition coefficient (Wildman–Crippen LogP) is 2.22. The van der Waals surface area contributed by atoms with Gasteiger partial charge in [0, 0.05) is 20.1 Å². The minimum atomic E-state index is -0.337. The topological polar surface area (TPSA) is 52.6 Å². The van der Waals surface area contributed by atoms with Gasteiger partial charge in [0.1, 0.15) is 0 Å². The summed E-state index contributed by atoms with van der Waals surface area (Å²) in [4.78, 5) is 13.6. The highest BCUT2D eigenvalue weighted by molar-refractivity contribution is 5.73. The summed E-state index contributed by atoms with van der Waals surface area (Å²) in [5.74, 6) is 3.19. The molecule has 0 aromatic heterocycles. The number of aliphatic hydroxyl groups excluding tert-OH is 1. The molecule has 4 nitrogen and oxygen atoms in total. The van der Waals surface area contributed by atoms with Gasteiger partial charge in [-0.25, -0.2) is 4.79 Å². The van der Waals surface area contributed by atoms with E-state index < -0.39 is 0 Å². The molecule has 114 valence electrons. The summed E-state index contributed by atoms with van der Waals surface area (Å²) in [6.45, 7) is 1.25. The first-order valence-corrected chi connectivity index (χ1v) is 8.30. The standard InChI is InChI=1S/C16H28N2O2/c1-18(10-15(19)12-4-5-12)16(20)17-7-6-14-9-11-2-3-13(14)8-11/h11-15,19H,2-10H2,1H3,(H,17,20). The molecular weight excluding hydrogens is 252 g/mol. The van der Waals surface area contributed by atoms with Crippen LogP contribution in [0.25, 0.3) is 0 Å². The van der Waals surface area contributed by atoms with E-state index in [0.29, 0.717) is 12.5 Å². The summed E-state index contributed by atoms with van der Waals surface area (Å²) in [7, 11) is 1.78. The van der Waals surface area contributed by atoms with Crippen molar-refractivity contribution < 1.29 is 9.90 Å². The lowest BCUT2D eigenvalue weighted by Gasteiger charge is -2.24. The smallest absolute Gasteiger partial charge is 0.317 e. The second kappa shape index (κ2) is 5.92. The third-order valence-electron chi connectivity index (χ3n) is 5.65. The van der Waals surface area contributed by atoms with E-state index in [1.807, 2.05) is 0 Å². The Balaban J connectivity index is 1.32. The van der Waals surface area contributed by atoms with Crippen molar-refractivity contribution in [3.8, 4) is 0 Å². The number of amides is 2. The fourth-order valence-electron chi connectivity index (χ4n) is 4.22. The van der Waals surface area contributed by atoms with E-state index in [0.717, 1.165) is 43.6 Å². The Morgan fingerprint density at radius 1 is 1.30 bits per heavy atom. The molecule has 4 atom stereocenters. The van der Waals surface area contributed by atoms with Crippen LogP contribution < -0.4 is 5.32 Å². The van der Waals surface area contributed by atoms with Crippen molar-refractivity contribution >= 4 is 6.03 Å². The van der Waals surface area contributed by atoms with Crippen LogP contribution in [0.5, 0.6) is 0 Å².